The van der Waals surface area contributed by atoms with Crippen LogP contribution in [0.4, 0.5) is 0 Å². The average Bonchev–Trinajstić information content (AvgIpc) is 2.62. The molecule has 1 aliphatic rings. The third kappa shape index (κ3) is 2.55. The first-order chi connectivity index (χ1) is 7.31. The zero-order valence-electron chi connectivity index (χ0n) is 9.15. The van der Waals surface area contributed by atoms with E-state index in [0.717, 1.165) is 16.1 Å². The van der Waals surface area contributed by atoms with Gasteiger partial charge >= 0.3 is 0 Å². The van der Waals surface area contributed by atoms with Crippen LogP contribution < -0.4 is 0 Å². The van der Waals surface area contributed by atoms with Crippen molar-refractivity contribution >= 4 is 11.8 Å². The normalized spacial score (nSPS) is 18.3. The number of nitrogens with zero attached hydrogens (tertiary/aromatic N) is 2. The third-order valence-electron chi connectivity index (χ3n) is 3.03. The van der Waals surface area contributed by atoms with E-state index in [9.17, 15) is 0 Å². The molecule has 1 aliphatic carbocycles. The number of hydrogen-bond donors (Lipinski definition) is 1. The van der Waals surface area contributed by atoms with E-state index in [1.807, 2.05) is 23.4 Å². The van der Waals surface area contributed by atoms with E-state index in [0.29, 0.717) is 0 Å². The summed E-state index contributed by atoms with van der Waals surface area (Å²) < 4.78 is 2.00. The minimum atomic E-state index is 0.0781. The molecular formula is C11H18N2OS. The molecule has 2 rings (SSSR count). The molecule has 0 aliphatic heterocycles. The van der Waals surface area contributed by atoms with Crippen LogP contribution in [0, 0.1) is 0 Å². The summed E-state index contributed by atoms with van der Waals surface area (Å²) in [6.45, 7) is 0.0781. The Labute approximate surface area is 94.9 Å². The molecule has 0 unspecified atom stereocenters. The fourth-order valence-corrected chi connectivity index (χ4v) is 3.27. The van der Waals surface area contributed by atoms with Crippen molar-refractivity contribution < 1.29 is 5.11 Å². The molecule has 1 aromatic heterocycles. The summed E-state index contributed by atoms with van der Waals surface area (Å²) in [4.78, 5) is 4.35. The lowest BCUT2D eigenvalue weighted by molar-refractivity contribution is 0.271. The van der Waals surface area contributed by atoms with Gasteiger partial charge in [-0.3, -0.25) is 0 Å². The highest BCUT2D eigenvalue weighted by Gasteiger charge is 2.17. The van der Waals surface area contributed by atoms with Crippen LogP contribution in [0.1, 0.15) is 37.8 Å². The van der Waals surface area contributed by atoms with Crippen molar-refractivity contribution in [2.75, 3.05) is 0 Å². The van der Waals surface area contributed by atoms with Gasteiger partial charge in [-0.15, -0.1) is 0 Å². The Balaban J connectivity index is 2.00. The largest absolute Gasteiger partial charge is 0.390 e. The topological polar surface area (TPSA) is 38.0 Å². The molecular weight excluding hydrogens is 208 g/mol. The van der Waals surface area contributed by atoms with Crippen LogP contribution in [0.5, 0.6) is 0 Å². The summed E-state index contributed by atoms with van der Waals surface area (Å²) >= 11 is 1.87. The van der Waals surface area contributed by atoms with E-state index < -0.39 is 0 Å². The van der Waals surface area contributed by atoms with Crippen LogP contribution in [0.25, 0.3) is 0 Å². The Morgan fingerprint density at radius 2 is 2.20 bits per heavy atom. The first-order valence-corrected chi connectivity index (χ1v) is 6.47. The van der Waals surface area contributed by atoms with E-state index in [1.165, 1.54) is 32.1 Å². The van der Waals surface area contributed by atoms with Crippen molar-refractivity contribution in [1.82, 2.24) is 9.55 Å². The van der Waals surface area contributed by atoms with Gasteiger partial charge in [-0.25, -0.2) is 4.98 Å². The van der Waals surface area contributed by atoms with Gasteiger partial charge in [0.15, 0.2) is 5.16 Å². The Bertz CT molecular complexity index is 318. The summed E-state index contributed by atoms with van der Waals surface area (Å²) in [7, 11) is 1.98. The first-order valence-electron chi connectivity index (χ1n) is 5.59. The second-order valence-electron chi connectivity index (χ2n) is 4.13. The molecule has 1 saturated carbocycles. The Morgan fingerprint density at radius 3 is 2.80 bits per heavy atom. The number of imidazole rings is 1. The van der Waals surface area contributed by atoms with Crippen molar-refractivity contribution in [2.24, 2.45) is 7.05 Å². The zero-order chi connectivity index (χ0) is 10.7. The second kappa shape index (κ2) is 5.03. The molecule has 0 spiro atoms. The smallest absolute Gasteiger partial charge is 0.168 e. The van der Waals surface area contributed by atoms with Crippen LogP contribution in [0.3, 0.4) is 0 Å². The lowest BCUT2D eigenvalue weighted by Gasteiger charge is -2.20. The van der Waals surface area contributed by atoms with E-state index in [4.69, 9.17) is 5.11 Å². The molecule has 84 valence electrons. The fraction of sp³-hybridized carbons (Fsp3) is 0.727. The van der Waals surface area contributed by atoms with Crippen molar-refractivity contribution in [3.63, 3.8) is 0 Å². The highest BCUT2D eigenvalue weighted by Crippen LogP contribution is 2.32. The van der Waals surface area contributed by atoms with E-state index in [-0.39, 0.29) is 6.61 Å². The molecule has 0 aromatic carbocycles. The summed E-state index contributed by atoms with van der Waals surface area (Å²) in [5, 5.41) is 10.8. The van der Waals surface area contributed by atoms with Crippen LogP contribution >= 0.6 is 11.8 Å². The Morgan fingerprint density at radius 1 is 1.47 bits per heavy atom. The molecule has 0 amide bonds. The van der Waals surface area contributed by atoms with Gasteiger partial charge in [-0.2, -0.15) is 0 Å². The highest BCUT2D eigenvalue weighted by molar-refractivity contribution is 7.99. The van der Waals surface area contributed by atoms with Crippen molar-refractivity contribution in [1.29, 1.82) is 0 Å². The number of hydrogen-bond acceptors (Lipinski definition) is 3. The standard InChI is InChI=1S/C11H18N2OS/c1-13-9(8-14)7-12-11(13)15-10-5-3-2-4-6-10/h7,10,14H,2-6,8H2,1H3. The van der Waals surface area contributed by atoms with E-state index >= 15 is 0 Å². The molecule has 1 N–H and O–H groups in total. The monoisotopic (exact) mass is 226 g/mol. The highest BCUT2D eigenvalue weighted by atomic mass is 32.2. The van der Waals surface area contributed by atoms with Crippen LogP contribution in [-0.2, 0) is 13.7 Å². The number of aliphatic hydroxyl groups excluding tert-OH is 1. The van der Waals surface area contributed by atoms with Gasteiger partial charge in [0.1, 0.15) is 0 Å². The average molecular weight is 226 g/mol. The SMILES string of the molecule is Cn1c(CO)cnc1SC1CCCCC1. The quantitative estimate of drug-likeness (QED) is 0.859. The number of aliphatic hydroxyl groups is 1. The first kappa shape index (κ1) is 11.0. The summed E-state index contributed by atoms with van der Waals surface area (Å²) in [5.74, 6) is 0. The van der Waals surface area contributed by atoms with Gasteiger partial charge in [0.2, 0.25) is 0 Å². The maximum Gasteiger partial charge on any atom is 0.168 e. The lowest BCUT2D eigenvalue weighted by Crippen LogP contribution is -2.09. The van der Waals surface area contributed by atoms with Crippen molar-refractivity contribution in [3.8, 4) is 0 Å². The van der Waals surface area contributed by atoms with Crippen LogP contribution in [0.2, 0.25) is 0 Å². The maximum atomic E-state index is 9.07. The number of aromatic nitrogens is 2. The molecule has 1 aromatic rings. The van der Waals surface area contributed by atoms with Crippen molar-refractivity contribution in [2.45, 2.75) is 49.1 Å². The van der Waals surface area contributed by atoms with Gasteiger partial charge in [0.05, 0.1) is 18.5 Å². The lowest BCUT2D eigenvalue weighted by atomic mass is 10.0. The Hall–Kier alpha value is -0.480. The molecule has 0 atom stereocenters. The van der Waals surface area contributed by atoms with Gasteiger partial charge in [-0.05, 0) is 12.8 Å². The summed E-state index contributed by atoms with van der Waals surface area (Å²) in [6.07, 6.45) is 8.49. The summed E-state index contributed by atoms with van der Waals surface area (Å²) in [6, 6.07) is 0. The van der Waals surface area contributed by atoms with E-state index in [1.54, 1.807) is 6.20 Å². The fourth-order valence-electron chi connectivity index (χ4n) is 2.01. The van der Waals surface area contributed by atoms with Gasteiger partial charge < -0.3 is 9.67 Å². The molecule has 0 radical (unpaired) electrons. The van der Waals surface area contributed by atoms with E-state index in [2.05, 4.69) is 4.98 Å². The zero-order valence-corrected chi connectivity index (χ0v) is 9.96. The predicted octanol–water partition coefficient (Wildman–Crippen LogP) is 2.34. The molecule has 0 bridgehead atoms. The summed E-state index contributed by atoms with van der Waals surface area (Å²) in [5.41, 5.74) is 0.897. The third-order valence-corrected chi connectivity index (χ3v) is 4.42. The van der Waals surface area contributed by atoms with Crippen molar-refractivity contribution in [3.05, 3.63) is 11.9 Å². The van der Waals surface area contributed by atoms with Gasteiger partial charge in [0.25, 0.3) is 0 Å². The van der Waals surface area contributed by atoms with Crippen LogP contribution in [0.15, 0.2) is 11.4 Å². The number of rotatable bonds is 3. The van der Waals surface area contributed by atoms with Crippen LogP contribution in [-0.4, -0.2) is 19.9 Å². The molecule has 1 fully saturated rings. The predicted molar refractivity (Wildman–Crippen MR) is 61.9 cm³/mol. The van der Waals surface area contributed by atoms with Gasteiger partial charge in [-0.1, -0.05) is 31.0 Å². The molecule has 3 nitrogen and oxygen atoms in total. The Kier molecular flexibility index (Phi) is 3.70. The molecule has 15 heavy (non-hydrogen) atoms. The molecule has 4 heteroatoms. The maximum absolute atomic E-state index is 9.07. The molecule has 1 heterocycles. The minimum absolute atomic E-state index is 0.0781. The minimum Gasteiger partial charge on any atom is -0.390 e. The second-order valence-corrected chi connectivity index (χ2v) is 5.39. The number of thioether (sulfide) groups is 1. The molecule has 0 saturated heterocycles. The van der Waals surface area contributed by atoms with Gasteiger partial charge in [0, 0.05) is 12.3 Å².